The molecule has 0 saturated carbocycles. The lowest BCUT2D eigenvalue weighted by atomic mass is 10.3. The third kappa shape index (κ3) is 2.96. The lowest BCUT2D eigenvalue weighted by molar-refractivity contribution is 0.475. The highest BCUT2D eigenvalue weighted by Crippen LogP contribution is 2.30. The molecule has 5 nitrogen and oxygen atoms in total. The molecule has 0 radical (unpaired) electrons. The molecule has 0 atom stereocenters. The summed E-state index contributed by atoms with van der Waals surface area (Å²) in [4.78, 5) is -0.202. The molecular weight excluding hydrogens is 363 g/mol. The number of phenols is 1. The summed E-state index contributed by atoms with van der Waals surface area (Å²) >= 11 is 2.94. The number of anilines is 2. The van der Waals surface area contributed by atoms with Crippen molar-refractivity contribution in [2.45, 2.75) is 4.90 Å². The fourth-order valence-electron chi connectivity index (χ4n) is 1.72. The maximum Gasteiger partial charge on any atom is 0.266 e. The SMILES string of the molecule is CN(c1ccc(O)cc1)S(=O)(=O)c1cc(Br)c(F)cc1N. The first kappa shape index (κ1) is 15.6. The summed E-state index contributed by atoms with van der Waals surface area (Å²) in [6.45, 7) is 0. The molecule has 112 valence electrons. The minimum atomic E-state index is -3.94. The Bertz CT molecular complexity index is 779. The minimum Gasteiger partial charge on any atom is -0.508 e. The number of halogens is 2. The molecule has 2 aromatic rings. The molecule has 0 aliphatic heterocycles. The monoisotopic (exact) mass is 374 g/mol. The average Bonchev–Trinajstić information content (AvgIpc) is 2.42. The van der Waals surface area contributed by atoms with Gasteiger partial charge in [-0.25, -0.2) is 12.8 Å². The average molecular weight is 375 g/mol. The lowest BCUT2D eigenvalue weighted by Gasteiger charge is -2.20. The number of rotatable bonds is 3. The maximum absolute atomic E-state index is 13.4. The van der Waals surface area contributed by atoms with E-state index in [0.29, 0.717) is 5.69 Å². The number of phenolic OH excluding ortho intramolecular Hbond substituents is 1. The van der Waals surface area contributed by atoms with Gasteiger partial charge in [0.25, 0.3) is 10.0 Å². The first-order chi connectivity index (χ1) is 9.73. The molecule has 8 heteroatoms. The fourth-order valence-corrected chi connectivity index (χ4v) is 3.53. The van der Waals surface area contributed by atoms with Gasteiger partial charge in [0.15, 0.2) is 0 Å². The van der Waals surface area contributed by atoms with Crippen molar-refractivity contribution in [2.24, 2.45) is 0 Å². The molecule has 0 amide bonds. The Kier molecular flexibility index (Phi) is 4.11. The highest BCUT2D eigenvalue weighted by molar-refractivity contribution is 9.10. The lowest BCUT2D eigenvalue weighted by Crippen LogP contribution is -2.27. The van der Waals surface area contributed by atoms with Gasteiger partial charge in [-0.1, -0.05) is 0 Å². The van der Waals surface area contributed by atoms with E-state index in [-0.39, 0.29) is 20.8 Å². The Hall–Kier alpha value is -1.80. The van der Waals surface area contributed by atoms with Crippen LogP contribution in [0.1, 0.15) is 0 Å². The zero-order valence-corrected chi connectivity index (χ0v) is 13.3. The number of sulfonamides is 1. The summed E-state index contributed by atoms with van der Waals surface area (Å²) in [6.07, 6.45) is 0. The van der Waals surface area contributed by atoms with Crippen LogP contribution in [-0.2, 0) is 10.0 Å². The van der Waals surface area contributed by atoms with E-state index < -0.39 is 15.8 Å². The summed E-state index contributed by atoms with van der Waals surface area (Å²) in [5, 5.41) is 9.23. The molecule has 0 fully saturated rings. The number of nitrogen functional groups attached to an aromatic ring is 1. The Morgan fingerprint density at radius 1 is 1.24 bits per heavy atom. The van der Waals surface area contributed by atoms with Crippen molar-refractivity contribution >= 4 is 37.3 Å². The first-order valence-electron chi connectivity index (χ1n) is 5.76. The molecule has 0 spiro atoms. The predicted molar refractivity (Wildman–Crippen MR) is 82.2 cm³/mol. The molecule has 2 aromatic carbocycles. The van der Waals surface area contributed by atoms with Crippen molar-refractivity contribution in [1.29, 1.82) is 0 Å². The molecule has 0 heterocycles. The summed E-state index contributed by atoms with van der Waals surface area (Å²) in [5.74, 6) is -0.618. The van der Waals surface area contributed by atoms with Gasteiger partial charge in [0, 0.05) is 7.05 Å². The van der Waals surface area contributed by atoms with E-state index in [1.54, 1.807) is 0 Å². The minimum absolute atomic E-state index is 0.00869. The Morgan fingerprint density at radius 2 is 1.81 bits per heavy atom. The Labute approximate surface area is 130 Å². The van der Waals surface area contributed by atoms with Crippen LogP contribution < -0.4 is 10.0 Å². The molecule has 0 saturated heterocycles. The third-order valence-electron chi connectivity index (χ3n) is 2.90. The van der Waals surface area contributed by atoms with Gasteiger partial charge >= 0.3 is 0 Å². The van der Waals surface area contributed by atoms with Crippen molar-refractivity contribution in [2.75, 3.05) is 17.1 Å². The van der Waals surface area contributed by atoms with Crippen molar-refractivity contribution < 1.29 is 17.9 Å². The number of nitrogens with two attached hydrogens (primary N) is 1. The summed E-state index contributed by atoms with van der Waals surface area (Å²) in [7, 11) is -2.60. The summed E-state index contributed by atoms with van der Waals surface area (Å²) in [5.41, 5.74) is 5.77. The van der Waals surface area contributed by atoms with Crippen LogP contribution in [0.25, 0.3) is 0 Å². The molecule has 0 aromatic heterocycles. The van der Waals surface area contributed by atoms with Crippen LogP contribution in [0, 0.1) is 5.82 Å². The molecule has 0 aliphatic rings. The highest BCUT2D eigenvalue weighted by Gasteiger charge is 2.25. The standard InChI is InChI=1S/C13H12BrFN2O3S/c1-17(8-2-4-9(18)5-3-8)21(19,20)13-6-10(14)11(15)7-12(13)16/h2-7,18H,16H2,1H3. The summed E-state index contributed by atoms with van der Waals surface area (Å²) in [6, 6.07) is 7.69. The second-order valence-corrected chi connectivity index (χ2v) is 7.09. The zero-order valence-electron chi connectivity index (χ0n) is 10.9. The number of aromatic hydroxyl groups is 1. The molecule has 2 rings (SSSR count). The van der Waals surface area contributed by atoms with E-state index >= 15 is 0 Å². The van der Waals surface area contributed by atoms with Crippen LogP contribution in [0.3, 0.4) is 0 Å². The van der Waals surface area contributed by atoms with E-state index in [9.17, 15) is 17.9 Å². The van der Waals surface area contributed by atoms with E-state index in [1.807, 2.05) is 0 Å². The van der Waals surface area contributed by atoms with E-state index in [0.717, 1.165) is 16.4 Å². The van der Waals surface area contributed by atoms with Gasteiger partial charge in [-0.05, 0) is 52.3 Å². The van der Waals surface area contributed by atoms with E-state index in [1.165, 1.54) is 31.3 Å². The van der Waals surface area contributed by atoms with Crippen LogP contribution >= 0.6 is 15.9 Å². The third-order valence-corrected chi connectivity index (χ3v) is 5.35. The Balaban J connectivity index is 2.51. The quantitative estimate of drug-likeness (QED) is 0.808. The van der Waals surface area contributed by atoms with Crippen molar-refractivity contribution in [3.8, 4) is 5.75 Å². The molecule has 21 heavy (non-hydrogen) atoms. The number of hydrogen-bond donors (Lipinski definition) is 2. The van der Waals surface area contributed by atoms with Crippen molar-refractivity contribution in [3.05, 3.63) is 46.7 Å². The summed E-state index contributed by atoms with van der Waals surface area (Å²) < 4.78 is 39.4. The number of hydrogen-bond acceptors (Lipinski definition) is 4. The van der Waals surface area contributed by atoms with Crippen LogP contribution in [-0.4, -0.2) is 20.6 Å². The molecule has 0 bridgehead atoms. The van der Waals surface area contributed by atoms with Crippen LogP contribution in [0.15, 0.2) is 45.8 Å². The maximum atomic E-state index is 13.4. The molecule has 0 unspecified atom stereocenters. The van der Waals surface area contributed by atoms with Gasteiger partial charge in [0.05, 0.1) is 15.8 Å². The van der Waals surface area contributed by atoms with Crippen LogP contribution in [0.4, 0.5) is 15.8 Å². The van der Waals surface area contributed by atoms with Crippen molar-refractivity contribution in [1.82, 2.24) is 0 Å². The second kappa shape index (κ2) is 5.53. The smallest absolute Gasteiger partial charge is 0.266 e. The van der Waals surface area contributed by atoms with Gasteiger partial charge in [0.2, 0.25) is 0 Å². The Morgan fingerprint density at radius 3 is 2.38 bits per heavy atom. The van der Waals surface area contributed by atoms with Gasteiger partial charge in [0.1, 0.15) is 16.5 Å². The topological polar surface area (TPSA) is 83.6 Å². The van der Waals surface area contributed by atoms with E-state index in [4.69, 9.17) is 5.73 Å². The largest absolute Gasteiger partial charge is 0.508 e. The number of benzene rings is 2. The van der Waals surface area contributed by atoms with E-state index in [2.05, 4.69) is 15.9 Å². The normalized spacial score (nSPS) is 11.4. The van der Waals surface area contributed by atoms with Crippen molar-refractivity contribution in [3.63, 3.8) is 0 Å². The van der Waals surface area contributed by atoms with Crippen LogP contribution in [0.5, 0.6) is 5.75 Å². The second-order valence-electron chi connectivity index (χ2n) is 4.29. The highest BCUT2D eigenvalue weighted by atomic mass is 79.9. The molecule has 3 N–H and O–H groups in total. The van der Waals surface area contributed by atoms with Gasteiger partial charge < -0.3 is 10.8 Å². The van der Waals surface area contributed by atoms with Gasteiger partial charge in [-0.2, -0.15) is 0 Å². The predicted octanol–water partition coefficient (Wildman–Crippen LogP) is 2.70. The number of nitrogens with zero attached hydrogens (tertiary/aromatic N) is 1. The van der Waals surface area contributed by atoms with Gasteiger partial charge in [-0.3, -0.25) is 4.31 Å². The zero-order chi connectivity index (χ0) is 15.8. The molecule has 0 aliphatic carbocycles. The fraction of sp³-hybridized carbons (Fsp3) is 0.0769. The molecular formula is C13H12BrFN2O3S. The van der Waals surface area contributed by atoms with Gasteiger partial charge in [-0.15, -0.1) is 0 Å². The van der Waals surface area contributed by atoms with Crippen LogP contribution in [0.2, 0.25) is 0 Å². The first-order valence-corrected chi connectivity index (χ1v) is 7.99.